The number of hydrogen-bond acceptors (Lipinski definition) is 5. The Bertz CT molecular complexity index is 626. The van der Waals surface area contributed by atoms with Crippen LogP contribution in [0.15, 0.2) is 23.1 Å². The number of ether oxygens (including phenoxy) is 1. The molecule has 124 valence electrons. The van der Waals surface area contributed by atoms with Crippen LogP contribution < -0.4 is 10.5 Å². The zero-order chi connectivity index (χ0) is 16.9. The van der Waals surface area contributed by atoms with Gasteiger partial charge in [-0.05, 0) is 37.0 Å². The van der Waals surface area contributed by atoms with E-state index in [9.17, 15) is 13.2 Å². The van der Waals surface area contributed by atoms with Crippen LogP contribution in [0.25, 0.3) is 0 Å². The topological polar surface area (TPSA) is 98.5 Å². The first-order chi connectivity index (χ1) is 10.2. The van der Waals surface area contributed by atoms with Gasteiger partial charge in [0.15, 0.2) is 0 Å². The van der Waals surface area contributed by atoms with Gasteiger partial charge in [0.1, 0.15) is 0 Å². The Morgan fingerprint density at radius 3 is 2.50 bits per heavy atom. The number of sulfonamides is 1. The molecular formula is C15H24N2O4S. The van der Waals surface area contributed by atoms with Gasteiger partial charge in [-0.1, -0.05) is 19.9 Å². The summed E-state index contributed by atoms with van der Waals surface area (Å²) >= 11 is 0. The summed E-state index contributed by atoms with van der Waals surface area (Å²) in [5.74, 6) is -0.257. The summed E-state index contributed by atoms with van der Waals surface area (Å²) in [7, 11) is -2.50. The van der Waals surface area contributed by atoms with Gasteiger partial charge >= 0.3 is 5.97 Å². The van der Waals surface area contributed by atoms with Gasteiger partial charge in [-0.15, -0.1) is 0 Å². The summed E-state index contributed by atoms with van der Waals surface area (Å²) in [6.45, 7) is 5.89. The molecule has 0 fully saturated rings. The normalized spacial score (nSPS) is 13.2. The van der Waals surface area contributed by atoms with E-state index in [1.54, 1.807) is 13.0 Å². The lowest BCUT2D eigenvalue weighted by molar-refractivity contribution is 0.0600. The summed E-state index contributed by atoms with van der Waals surface area (Å²) in [6, 6.07) is 4.10. The zero-order valence-corrected chi connectivity index (χ0v) is 14.2. The largest absolute Gasteiger partial charge is 0.465 e. The average Bonchev–Trinajstić information content (AvgIpc) is 2.45. The number of nitrogens with one attached hydrogen (secondary N) is 1. The monoisotopic (exact) mass is 328 g/mol. The number of benzene rings is 1. The second-order valence-electron chi connectivity index (χ2n) is 5.66. The van der Waals surface area contributed by atoms with E-state index >= 15 is 0 Å². The molecule has 22 heavy (non-hydrogen) atoms. The molecule has 0 spiro atoms. The number of esters is 1. The second kappa shape index (κ2) is 7.71. The number of methoxy groups -OCH3 is 1. The van der Waals surface area contributed by atoms with Gasteiger partial charge in [0.25, 0.3) is 0 Å². The number of hydrogen-bond donors (Lipinski definition) is 2. The number of carbonyl (C=O) groups excluding carboxylic acids is 1. The van der Waals surface area contributed by atoms with Gasteiger partial charge in [0.05, 0.1) is 17.6 Å². The standard InChI is InChI=1S/C15H24N2O4S/c1-10(2)7-13(9-16)17-22(19,20)14-8-12(15(18)21-4)6-5-11(14)3/h5-6,8,10,13,17H,7,9,16H2,1-4H3. The number of rotatable bonds is 7. The summed E-state index contributed by atoms with van der Waals surface area (Å²) in [5.41, 5.74) is 6.39. The Labute approximate surface area is 132 Å². The highest BCUT2D eigenvalue weighted by atomic mass is 32.2. The Hall–Kier alpha value is -1.44. The molecule has 0 heterocycles. The maximum absolute atomic E-state index is 12.5. The highest BCUT2D eigenvalue weighted by Crippen LogP contribution is 2.19. The summed E-state index contributed by atoms with van der Waals surface area (Å²) < 4.78 is 32.3. The predicted octanol–water partition coefficient (Wildman–Crippen LogP) is 1.43. The minimum Gasteiger partial charge on any atom is -0.465 e. The molecule has 7 heteroatoms. The number of nitrogens with two attached hydrogens (primary N) is 1. The number of carbonyl (C=O) groups is 1. The minimum atomic E-state index is -3.75. The predicted molar refractivity (Wildman–Crippen MR) is 85.1 cm³/mol. The third-order valence-electron chi connectivity index (χ3n) is 3.26. The van der Waals surface area contributed by atoms with Gasteiger partial charge in [-0.2, -0.15) is 0 Å². The van der Waals surface area contributed by atoms with Gasteiger partial charge in [0, 0.05) is 12.6 Å². The van der Waals surface area contributed by atoms with Crippen LogP contribution in [-0.2, 0) is 14.8 Å². The van der Waals surface area contributed by atoms with Crippen molar-refractivity contribution in [2.24, 2.45) is 11.7 Å². The lowest BCUT2D eigenvalue weighted by Crippen LogP contribution is -2.41. The van der Waals surface area contributed by atoms with E-state index in [-0.39, 0.29) is 23.0 Å². The molecule has 0 aromatic heterocycles. The van der Waals surface area contributed by atoms with Gasteiger partial charge < -0.3 is 10.5 Å². The van der Waals surface area contributed by atoms with Crippen molar-refractivity contribution < 1.29 is 17.9 Å². The third kappa shape index (κ3) is 4.79. The Balaban J connectivity index is 3.13. The molecular weight excluding hydrogens is 304 g/mol. The molecule has 0 aliphatic heterocycles. The molecule has 3 N–H and O–H groups in total. The van der Waals surface area contributed by atoms with Crippen LogP contribution in [0.2, 0.25) is 0 Å². The molecule has 0 radical (unpaired) electrons. The van der Waals surface area contributed by atoms with Crippen molar-refractivity contribution in [1.29, 1.82) is 0 Å². The Morgan fingerprint density at radius 1 is 1.36 bits per heavy atom. The molecule has 0 aliphatic rings. The molecule has 1 unspecified atom stereocenters. The van der Waals surface area contributed by atoms with Crippen LogP contribution in [0, 0.1) is 12.8 Å². The molecule has 1 rings (SSSR count). The Kier molecular flexibility index (Phi) is 6.52. The van der Waals surface area contributed by atoms with E-state index in [1.165, 1.54) is 19.2 Å². The summed E-state index contributed by atoms with van der Waals surface area (Å²) in [5, 5.41) is 0. The Morgan fingerprint density at radius 2 is 2.00 bits per heavy atom. The van der Waals surface area contributed by atoms with Crippen molar-refractivity contribution in [3.63, 3.8) is 0 Å². The van der Waals surface area contributed by atoms with Crippen LogP contribution in [0.4, 0.5) is 0 Å². The van der Waals surface area contributed by atoms with Crippen LogP contribution in [0.1, 0.15) is 36.2 Å². The van der Waals surface area contributed by atoms with Crippen LogP contribution in [0.5, 0.6) is 0 Å². The van der Waals surface area contributed by atoms with E-state index in [2.05, 4.69) is 9.46 Å². The lowest BCUT2D eigenvalue weighted by Gasteiger charge is -2.19. The van der Waals surface area contributed by atoms with Gasteiger partial charge in [0.2, 0.25) is 10.0 Å². The third-order valence-corrected chi connectivity index (χ3v) is 4.92. The van der Waals surface area contributed by atoms with Crippen molar-refractivity contribution in [2.75, 3.05) is 13.7 Å². The first kappa shape index (κ1) is 18.6. The molecule has 0 saturated heterocycles. The van der Waals surface area contributed by atoms with Crippen LogP contribution >= 0.6 is 0 Å². The smallest absolute Gasteiger partial charge is 0.337 e. The van der Waals surface area contributed by atoms with Crippen molar-refractivity contribution in [3.8, 4) is 0 Å². The van der Waals surface area contributed by atoms with Crippen molar-refractivity contribution in [3.05, 3.63) is 29.3 Å². The molecule has 0 bridgehead atoms. The summed E-state index contributed by atoms with van der Waals surface area (Å²) in [6.07, 6.45) is 0.644. The molecule has 0 saturated carbocycles. The van der Waals surface area contributed by atoms with Crippen molar-refractivity contribution in [2.45, 2.75) is 38.1 Å². The molecule has 1 atom stereocenters. The minimum absolute atomic E-state index is 0.0672. The fourth-order valence-electron chi connectivity index (χ4n) is 2.18. The van der Waals surface area contributed by atoms with E-state index in [1.807, 2.05) is 13.8 Å². The van der Waals surface area contributed by atoms with E-state index in [0.717, 1.165) is 0 Å². The SMILES string of the molecule is COC(=O)c1ccc(C)c(S(=O)(=O)NC(CN)CC(C)C)c1. The molecule has 1 aromatic carbocycles. The van der Waals surface area contributed by atoms with Crippen molar-refractivity contribution in [1.82, 2.24) is 4.72 Å². The molecule has 1 aromatic rings. The maximum atomic E-state index is 12.5. The van der Waals surface area contributed by atoms with Crippen LogP contribution in [0.3, 0.4) is 0 Å². The lowest BCUT2D eigenvalue weighted by atomic mass is 10.1. The van der Waals surface area contributed by atoms with Gasteiger partial charge in [-0.3, -0.25) is 0 Å². The summed E-state index contributed by atoms with van der Waals surface area (Å²) in [4.78, 5) is 11.6. The quantitative estimate of drug-likeness (QED) is 0.738. The molecule has 0 aliphatic carbocycles. The van der Waals surface area contributed by atoms with E-state index in [0.29, 0.717) is 17.9 Å². The fourth-order valence-corrected chi connectivity index (χ4v) is 3.71. The maximum Gasteiger partial charge on any atom is 0.337 e. The fraction of sp³-hybridized carbons (Fsp3) is 0.533. The number of aryl methyl sites for hydroxylation is 1. The molecule has 0 amide bonds. The van der Waals surface area contributed by atoms with Crippen molar-refractivity contribution >= 4 is 16.0 Å². The second-order valence-corrected chi connectivity index (χ2v) is 7.34. The van der Waals surface area contributed by atoms with E-state index in [4.69, 9.17) is 5.73 Å². The highest BCUT2D eigenvalue weighted by molar-refractivity contribution is 7.89. The zero-order valence-electron chi connectivity index (χ0n) is 13.4. The highest BCUT2D eigenvalue weighted by Gasteiger charge is 2.23. The average molecular weight is 328 g/mol. The van der Waals surface area contributed by atoms with Gasteiger partial charge in [-0.25, -0.2) is 17.9 Å². The first-order valence-corrected chi connectivity index (χ1v) is 8.61. The van der Waals surface area contributed by atoms with Crippen LogP contribution in [-0.4, -0.2) is 34.1 Å². The first-order valence-electron chi connectivity index (χ1n) is 7.12. The molecule has 6 nitrogen and oxygen atoms in total. The van der Waals surface area contributed by atoms with E-state index < -0.39 is 16.0 Å².